The summed E-state index contributed by atoms with van der Waals surface area (Å²) in [6.45, 7) is 0. The molecule has 0 amide bonds. The summed E-state index contributed by atoms with van der Waals surface area (Å²) >= 11 is 1.06. The average molecular weight is 375 g/mol. The zero-order valence-corrected chi connectivity index (χ0v) is 15.0. The van der Waals surface area contributed by atoms with Crippen LogP contribution in [-0.2, 0) is 21.0 Å². The zero-order chi connectivity index (χ0) is 17.9. The van der Waals surface area contributed by atoms with Crippen LogP contribution in [0.5, 0.6) is 0 Å². The van der Waals surface area contributed by atoms with Crippen LogP contribution in [0.3, 0.4) is 0 Å². The van der Waals surface area contributed by atoms with Crippen LogP contribution in [0, 0.1) is 0 Å². The van der Waals surface area contributed by atoms with Crippen LogP contribution in [0.15, 0.2) is 116 Å². The van der Waals surface area contributed by atoms with E-state index < -0.39 is 0 Å². The molecule has 6 heteroatoms. The second-order valence-corrected chi connectivity index (χ2v) is 5.76. The molecule has 0 aromatic rings. The molecule has 0 fully saturated rings. The van der Waals surface area contributed by atoms with Crippen molar-refractivity contribution >= 4 is 22.8 Å². The molecule has 0 N–H and O–H groups in total. The minimum absolute atomic E-state index is 0.894. The summed E-state index contributed by atoms with van der Waals surface area (Å²) in [6, 6.07) is 0. The van der Waals surface area contributed by atoms with Gasteiger partial charge in [0.1, 0.15) is 0 Å². The van der Waals surface area contributed by atoms with E-state index >= 15 is 0 Å². The van der Waals surface area contributed by atoms with Crippen molar-refractivity contribution < 1.29 is 21.0 Å². The Balaban J connectivity index is 0.000000814. The van der Waals surface area contributed by atoms with Crippen LogP contribution in [0.1, 0.15) is 0 Å². The number of hydrogen-bond acceptors (Lipinski definition) is 5. The Morgan fingerprint density at radius 2 is 0.654 bits per heavy atom. The number of aliphatic imine (C=N–C) groups is 4. The number of nitrogens with zero attached hydrogens (tertiary/aromatic N) is 4. The molecule has 0 saturated heterocycles. The van der Waals surface area contributed by atoms with Crippen LogP contribution in [-0.4, -0.2) is 22.8 Å². The Morgan fingerprint density at radius 3 is 0.885 bits per heavy atom. The Morgan fingerprint density at radius 1 is 0.423 bits per heavy atom. The molecule has 0 saturated carbocycles. The van der Waals surface area contributed by atoms with Gasteiger partial charge in [0.2, 0.25) is 0 Å². The third-order valence-electron chi connectivity index (χ3n) is 3.92. The third kappa shape index (κ3) is 3.49. The topological polar surface area (TPSA) is 66.5 Å². The number of allylic oxidation sites excluding steroid dienone is 12. The van der Waals surface area contributed by atoms with Crippen molar-refractivity contribution in [3.05, 3.63) is 95.7 Å². The van der Waals surface area contributed by atoms with E-state index in [-0.39, 0.29) is 0 Å². The normalized spacial score (nSPS) is 21.0. The van der Waals surface area contributed by atoms with Crippen LogP contribution >= 0.6 is 0 Å². The Hall–Kier alpha value is -3.02. The van der Waals surface area contributed by atoms with Gasteiger partial charge in [0, 0.05) is 0 Å². The SMILES string of the molecule is C1=CC2=NC1=CC1=NC(=CC3=NC(=CC4=NC(=C2)C=C4)C=C3)C=C1.[O]=[V]. The number of fused-ring (bicyclic) bond motifs is 4. The monoisotopic (exact) mass is 375 g/mol. The first-order chi connectivity index (χ1) is 12.8. The second kappa shape index (κ2) is 7.08. The van der Waals surface area contributed by atoms with Crippen molar-refractivity contribution in [3.63, 3.8) is 0 Å². The zero-order valence-electron chi connectivity index (χ0n) is 13.6. The Bertz CT molecular complexity index is 869. The molecular formula is C20H12N4OV. The number of hydrogen-bond donors (Lipinski definition) is 0. The van der Waals surface area contributed by atoms with Crippen LogP contribution in [0.2, 0.25) is 0 Å². The van der Waals surface area contributed by atoms with Crippen LogP contribution in [0.25, 0.3) is 0 Å². The number of rotatable bonds is 0. The van der Waals surface area contributed by atoms with E-state index in [1.807, 2.05) is 72.9 Å². The van der Waals surface area contributed by atoms with Crippen molar-refractivity contribution in [1.82, 2.24) is 0 Å². The fourth-order valence-electron chi connectivity index (χ4n) is 2.83. The average Bonchev–Trinajstić information content (AvgIpc) is 3.42. The molecule has 5 heterocycles. The summed E-state index contributed by atoms with van der Waals surface area (Å²) in [6.07, 6.45) is 23.8. The van der Waals surface area contributed by atoms with Crippen molar-refractivity contribution in [2.45, 2.75) is 0 Å². The molecular weight excluding hydrogens is 363 g/mol. The standard InChI is InChI=1S/C20H12N4.O.V/c1-2-14-10-16-5-6-18(23-16)12-20-8-7-19(24-20)11-17-4-3-15(22-17)9-13(1)21-14;;/h1-12H;;. The van der Waals surface area contributed by atoms with Gasteiger partial charge >= 0.3 is 21.0 Å². The van der Waals surface area contributed by atoms with Crippen molar-refractivity contribution in [2.24, 2.45) is 20.0 Å². The maximum atomic E-state index is 8.19. The minimum atomic E-state index is 0.894. The predicted octanol–water partition coefficient (Wildman–Crippen LogP) is 3.46. The summed E-state index contributed by atoms with van der Waals surface area (Å²) in [5, 5.41) is 0. The van der Waals surface area contributed by atoms with Crippen LogP contribution in [0.4, 0.5) is 0 Å². The molecule has 5 aliphatic rings. The maximum absolute atomic E-state index is 8.19. The van der Waals surface area contributed by atoms with Gasteiger partial charge in [0.25, 0.3) is 0 Å². The molecule has 123 valence electrons. The molecule has 0 unspecified atom stereocenters. The van der Waals surface area contributed by atoms with E-state index in [9.17, 15) is 0 Å². The van der Waals surface area contributed by atoms with Gasteiger partial charge in [0.15, 0.2) is 0 Å². The van der Waals surface area contributed by atoms with E-state index in [1.54, 1.807) is 0 Å². The van der Waals surface area contributed by atoms with Crippen molar-refractivity contribution in [1.29, 1.82) is 0 Å². The fraction of sp³-hybridized carbons (Fsp3) is 0. The summed E-state index contributed by atoms with van der Waals surface area (Å²) in [7, 11) is 0. The summed E-state index contributed by atoms with van der Waals surface area (Å²) in [5.74, 6) is 0. The predicted molar refractivity (Wildman–Crippen MR) is 99.3 cm³/mol. The first kappa shape index (κ1) is 16.5. The molecule has 0 aliphatic carbocycles. The van der Waals surface area contributed by atoms with Gasteiger partial charge < -0.3 is 0 Å². The molecule has 26 heavy (non-hydrogen) atoms. The van der Waals surface area contributed by atoms with E-state index in [2.05, 4.69) is 20.0 Å². The molecule has 0 atom stereocenters. The van der Waals surface area contributed by atoms with Gasteiger partial charge in [-0.25, -0.2) is 20.0 Å². The van der Waals surface area contributed by atoms with Crippen molar-refractivity contribution in [3.8, 4) is 0 Å². The second-order valence-electron chi connectivity index (χ2n) is 5.76. The molecule has 0 aromatic carbocycles. The summed E-state index contributed by atoms with van der Waals surface area (Å²) in [5.41, 5.74) is 7.15. The Kier molecular flexibility index (Phi) is 4.48. The third-order valence-corrected chi connectivity index (χ3v) is 3.92. The molecule has 5 aliphatic heterocycles. The van der Waals surface area contributed by atoms with Gasteiger partial charge in [-0.15, -0.1) is 0 Å². The van der Waals surface area contributed by atoms with Gasteiger partial charge in [-0.05, 0) is 72.9 Å². The first-order valence-electron chi connectivity index (χ1n) is 7.92. The molecule has 8 bridgehead atoms. The quantitative estimate of drug-likeness (QED) is 0.639. The van der Waals surface area contributed by atoms with E-state index in [4.69, 9.17) is 3.67 Å². The summed E-state index contributed by atoms with van der Waals surface area (Å²) in [4.78, 5) is 18.4. The van der Waals surface area contributed by atoms with Gasteiger partial charge in [-0.1, -0.05) is 0 Å². The van der Waals surface area contributed by atoms with Gasteiger partial charge in [-0.3, -0.25) is 0 Å². The van der Waals surface area contributed by atoms with Crippen molar-refractivity contribution in [2.75, 3.05) is 0 Å². The van der Waals surface area contributed by atoms with Gasteiger partial charge in [-0.2, -0.15) is 0 Å². The van der Waals surface area contributed by atoms with E-state index in [1.165, 1.54) is 0 Å². The molecule has 0 spiro atoms. The van der Waals surface area contributed by atoms with Crippen LogP contribution < -0.4 is 0 Å². The summed E-state index contributed by atoms with van der Waals surface area (Å²) < 4.78 is 8.19. The molecule has 0 radical (unpaired) electrons. The van der Waals surface area contributed by atoms with E-state index in [0.717, 1.165) is 63.0 Å². The Labute approximate surface area is 159 Å². The van der Waals surface area contributed by atoms with Gasteiger partial charge in [0.05, 0.1) is 45.6 Å². The fourth-order valence-corrected chi connectivity index (χ4v) is 2.83. The molecule has 5 rings (SSSR count). The first-order valence-corrected chi connectivity index (χ1v) is 8.49. The molecule has 0 aromatic heterocycles. The molecule has 5 nitrogen and oxygen atoms in total. The van der Waals surface area contributed by atoms with E-state index in [0.29, 0.717) is 0 Å².